The van der Waals surface area contributed by atoms with Crippen LogP contribution in [0, 0.1) is 10.1 Å². The van der Waals surface area contributed by atoms with E-state index in [2.05, 4.69) is 15.9 Å². The Morgan fingerprint density at radius 3 is 2.31 bits per heavy atom. The van der Waals surface area contributed by atoms with Gasteiger partial charge in [-0.1, -0.05) is 0 Å². The molecular weight excluding hydrogens is 295 g/mol. The molecule has 0 atom stereocenters. The maximum absolute atomic E-state index is 12.3. The molecule has 0 unspecified atom stereocenters. The molecule has 4 nitrogen and oxygen atoms in total. The van der Waals surface area contributed by atoms with E-state index in [1.54, 1.807) is 0 Å². The van der Waals surface area contributed by atoms with Gasteiger partial charge in [0.15, 0.2) is 6.29 Å². The van der Waals surface area contributed by atoms with Crippen molar-refractivity contribution in [2.24, 2.45) is 0 Å². The second-order valence-electron chi connectivity index (χ2n) is 2.76. The lowest BCUT2D eigenvalue weighted by Crippen LogP contribution is -2.07. The van der Waals surface area contributed by atoms with Crippen LogP contribution < -0.4 is 0 Å². The summed E-state index contributed by atoms with van der Waals surface area (Å²) in [4.78, 5) is 19.9. The lowest BCUT2D eigenvalue weighted by atomic mass is 10.1. The Kier molecular flexibility index (Phi) is 3.32. The number of hydrogen-bond donors (Lipinski definition) is 0. The summed E-state index contributed by atoms with van der Waals surface area (Å²) in [6.45, 7) is 0. The Morgan fingerprint density at radius 1 is 1.38 bits per heavy atom. The lowest BCUT2D eigenvalue weighted by Gasteiger charge is -2.08. The van der Waals surface area contributed by atoms with Gasteiger partial charge in [-0.05, 0) is 22.0 Å². The number of carbonyl (C=O) groups is 1. The Bertz CT molecular complexity index is 459. The molecule has 8 heteroatoms. The molecular formula is C8H3BrF3NO3. The second kappa shape index (κ2) is 4.20. The predicted octanol–water partition coefficient (Wildman–Crippen LogP) is 3.19. The minimum atomic E-state index is -4.70. The molecule has 0 saturated carbocycles. The molecule has 1 aromatic rings. The summed E-state index contributed by atoms with van der Waals surface area (Å²) in [5.41, 5.74) is -2.48. The summed E-state index contributed by atoms with van der Waals surface area (Å²) in [5, 5.41) is 10.5. The molecule has 0 aliphatic heterocycles. The van der Waals surface area contributed by atoms with Crippen molar-refractivity contribution in [2.75, 3.05) is 0 Å². The number of benzene rings is 1. The average molecular weight is 298 g/mol. The first-order valence-corrected chi connectivity index (χ1v) is 4.57. The third-order valence-electron chi connectivity index (χ3n) is 1.75. The van der Waals surface area contributed by atoms with Gasteiger partial charge < -0.3 is 0 Å². The zero-order valence-corrected chi connectivity index (χ0v) is 9.00. The van der Waals surface area contributed by atoms with Gasteiger partial charge in [0.1, 0.15) is 5.56 Å². The first-order chi connectivity index (χ1) is 7.27. The second-order valence-corrected chi connectivity index (χ2v) is 3.62. The molecule has 0 aromatic heterocycles. The SMILES string of the molecule is O=Cc1c(Br)cc(C(F)(F)F)cc1[N+](=O)[O-]. The number of nitro groups is 1. The number of alkyl halides is 3. The largest absolute Gasteiger partial charge is 0.416 e. The number of halogens is 4. The van der Waals surface area contributed by atoms with E-state index in [4.69, 9.17) is 0 Å². The van der Waals surface area contributed by atoms with E-state index in [9.17, 15) is 28.1 Å². The molecule has 0 saturated heterocycles. The van der Waals surface area contributed by atoms with Crippen LogP contribution in [-0.4, -0.2) is 11.2 Å². The Morgan fingerprint density at radius 2 is 1.94 bits per heavy atom. The molecule has 16 heavy (non-hydrogen) atoms. The molecule has 0 fully saturated rings. The van der Waals surface area contributed by atoms with E-state index < -0.39 is 27.9 Å². The fourth-order valence-corrected chi connectivity index (χ4v) is 1.58. The molecule has 86 valence electrons. The summed E-state index contributed by atoms with van der Waals surface area (Å²) in [7, 11) is 0. The van der Waals surface area contributed by atoms with Crippen molar-refractivity contribution in [2.45, 2.75) is 6.18 Å². The van der Waals surface area contributed by atoms with Crippen LogP contribution in [-0.2, 0) is 6.18 Å². The van der Waals surface area contributed by atoms with Crippen LogP contribution in [0.25, 0.3) is 0 Å². The molecule has 0 N–H and O–H groups in total. The summed E-state index contributed by atoms with van der Waals surface area (Å²) < 4.78 is 36.7. The molecule has 0 heterocycles. The van der Waals surface area contributed by atoms with Crippen LogP contribution in [0.4, 0.5) is 18.9 Å². The Hall–Kier alpha value is -1.44. The van der Waals surface area contributed by atoms with E-state index in [1.165, 1.54) is 0 Å². The van der Waals surface area contributed by atoms with Crippen molar-refractivity contribution in [3.05, 3.63) is 37.8 Å². The molecule has 1 aromatic carbocycles. The van der Waals surface area contributed by atoms with E-state index in [1.807, 2.05) is 0 Å². The first-order valence-electron chi connectivity index (χ1n) is 3.77. The van der Waals surface area contributed by atoms with Gasteiger partial charge in [0.2, 0.25) is 0 Å². The van der Waals surface area contributed by atoms with Crippen LogP contribution in [0.3, 0.4) is 0 Å². The van der Waals surface area contributed by atoms with Crippen molar-refractivity contribution in [3.63, 3.8) is 0 Å². The van der Waals surface area contributed by atoms with Crippen molar-refractivity contribution in [3.8, 4) is 0 Å². The maximum atomic E-state index is 12.3. The molecule has 0 bridgehead atoms. The molecule has 0 spiro atoms. The number of nitro benzene ring substituents is 1. The fraction of sp³-hybridized carbons (Fsp3) is 0.125. The van der Waals surface area contributed by atoms with E-state index in [-0.39, 0.29) is 10.8 Å². The number of rotatable bonds is 2. The molecule has 0 amide bonds. The van der Waals surface area contributed by atoms with Crippen LogP contribution in [0.2, 0.25) is 0 Å². The van der Waals surface area contributed by atoms with Gasteiger partial charge in [0.25, 0.3) is 5.69 Å². The third-order valence-corrected chi connectivity index (χ3v) is 2.41. The predicted molar refractivity (Wildman–Crippen MR) is 51.2 cm³/mol. The van der Waals surface area contributed by atoms with Gasteiger partial charge in [-0.2, -0.15) is 13.2 Å². The Labute approximate surface area is 95.3 Å². The normalized spacial score (nSPS) is 11.2. The molecule has 0 radical (unpaired) electrons. The number of hydrogen-bond acceptors (Lipinski definition) is 3. The Balaban J connectivity index is 3.52. The average Bonchev–Trinajstić information content (AvgIpc) is 2.14. The number of carbonyl (C=O) groups excluding carboxylic acids is 1. The standard InChI is InChI=1S/C8H3BrF3NO3/c9-6-1-4(8(10,11)12)2-7(13(15)16)5(6)3-14/h1-3H. The van der Waals surface area contributed by atoms with Gasteiger partial charge in [-0.15, -0.1) is 0 Å². The highest BCUT2D eigenvalue weighted by Crippen LogP contribution is 2.36. The number of nitrogens with zero attached hydrogens (tertiary/aromatic N) is 1. The highest BCUT2D eigenvalue weighted by molar-refractivity contribution is 9.10. The maximum Gasteiger partial charge on any atom is 0.416 e. The first kappa shape index (κ1) is 12.6. The van der Waals surface area contributed by atoms with Crippen molar-refractivity contribution >= 4 is 27.9 Å². The minimum absolute atomic E-state index is 0.127. The summed E-state index contributed by atoms with van der Waals surface area (Å²) in [5.74, 6) is 0. The zero-order valence-electron chi connectivity index (χ0n) is 7.42. The molecule has 0 aliphatic carbocycles. The van der Waals surface area contributed by atoms with Gasteiger partial charge in [-0.25, -0.2) is 0 Å². The van der Waals surface area contributed by atoms with Gasteiger partial charge in [0, 0.05) is 10.5 Å². The van der Waals surface area contributed by atoms with Crippen molar-refractivity contribution in [1.82, 2.24) is 0 Å². The smallest absolute Gasteiger partial charge is 0.298 e. The fourth-order valence-electron chi connectivity index (χ4n) is 1.03. The molecule has 0 aliphatic rings. The highest BCUT2D eigenvalue weighted by Gasteiger charge is 2.34. The summed E-state index contributed by atoms with van der Waals surface area (Å²) in [6, 6.07) is 0.950. The van der Waals surface area contributed by atoms with Gasteiger partial charge in [0.05, 0.1) is 10.5 Å². The van der Waals surface area contributed by atoms with Gasteiger partial charge >= 0.3 is 6.18 Å². The van der Waals surface area contributed by atoms with Crippen LogP contribution in [0.15, 0.2) is 16.6 Å². The van der Waals surface area contributed by atoms with E-state index in [0.717, 1.165) is 0 Å². The number of aldehydes is 1. The van der Waals surface area contributed by atoms with Crippen molar-refractivity contribution < 1.29 is 22.9 Å². The van der Waals surface area contributed by atoms with Crippen LogP contribution in [0.1, 0.15) is 15.9 Å². The van der Waals surface area contributed by atoms with E-state index in [0.29, 0.717) is 12.1 Å². The summed E-state index contributed by atoms with van der Waals surface area (Å²) in [6.07, 6.45) is -4.57. The quantitative estimate of drug-likeness (QED) is 0.478. The van der Waals surface area contributed by atoms with Crippen molar-refractivity contribution in [1.29, 1.82) is 0 Å². The summed E-state index contributed by atoms with van der Waals surface area (Å²) >= 11 is 2.68. The topological polar surface area (TPSA) is 60.2 Å². The monoisotopic (exact) mass is 297 g/mol. The minimum Gasteiger partial charge on any atom is -0.298 e. The highest BCUT2D eigenvalue weighted by atomic mass is 79.9. The van der Waals surface area contributed by atoms with E-state index >= 15 is 0 Å². The molecule has 1 rings (SSSR count). The van der Waals surface area contributed by atoms with Crippen LogP contribution in [0.5, 0.6) is 0 Å². The lowest BCUT2D eigenvalue weighted by molar-refractivity contribution is -0.385. The zero-order chi connectivity index (χ0) is 12.5. The van der Waals surface area contributed by atoms with Crippen LogP contribution >= 0.6 is 15.9 Å². The van der Waals surface area contributed by atoms with Gasteiger partial charge in [-0.3, -0.25) is 14.9 Å². The third kappa shape index (κ3) is 2.38.